The van der Waals surface area contributed by atoms with Gasteiger partial charge in [0.15, 0.2) is 0 Å². The third-order valence-corrected chi connectivity index (χ3v) is 2.83. The molecule has 3 rings (SSSR count). The van der Waals surface area contributed by atoms with Crippen LogP contribution in [0, 0.1) is 11.8 Å². The Morgan fingerprint density at radius 2 is 2.27 bits per heavy atom. The molecule has 0 radical (unpaired) electrons. The molecule has 0 spiro atoms. The number of nitrogens with one attached hydrogen (secondary N) is 1. The number of carbonyl (C=O) groups excluding carboxylic acids is 1. The van der Waals surface area contributed by atoms with Crippen LogP contribution in [0.5, 0.6) is 0 Å². The van der Waals surface area contributed by atoms with Crippen molar-refractivity contribution in [1.29, 1.82) is 0 Å². The lowest BCUT2D eigenvalue weighted by molar-refractivity contribution is -0.148. The third-order valence-electron chi connectivity index (χ3n) is 2.83. The minimum Gasteiger partial charge on any atom is -0.468 e. The Labute approximate surface area is 66.1 Å². The van der Waals surface area contributed by atoms with Gasteiger partial charge < -0.3 is 10.1 Å². The summed E-state index contributed by atoms with van der Waals surface area (Å²) < 4.78 is 4.68. The second-order valence-electron chi connectivity index (χ2n) is 3.51. The molecule has 3 heteroatoms. The van der Waals surface area contributed by atoms with E-state index < -0.39 is 0 Å². The zero-order chi connectivity index (χ0) is 7.84. The molecule has 1 N–H and O–H groups in total. The van der Waals surface area contributed by atoms with Crippen molar-refractivity contribution in [3.05, 3.63) is 0 Å². The van der Waals surface area contributed by atoms with E-state index in [0.717, 1.165) is 12.5 Å². The van der Waals surface area contributed by atoms with Crippen LogP contribution >= 0.6 is 0 Å². The minimum atomic E-state index is -0.0897. The summed E-state index contributed by atoms with van der Waals surface area (Å²) in [7, 11) is 1.45. The average Bonchev–Trinajstić information content (AvgIpc) is 2.02. The summed E-state index contributed by atoms with van der Waals surface area (Å²) in [6.45, 7) is 0.996. The van der Waals surface area contributed by atoms with Crippen molar-refractivity contribution in [1.82, 2.24) is 5.32 Å². The zero-order valence-electron chi connectivity index (χ0n) is 6.67. The quantitative estimate of drug-likeness (QED) is 0.548. The number of carbonyl (C=O) groups is 1. The summed E-state index contributed by atoms with van der Waals surface area (Å²) in [6.07, 6.45) is 2.43. The van der Waals surface area contributed by atoms with Gasteiger partial charge in [-0.1, -0.05) is 0 Å². The SMILES string of the molecule is COC(=O)C1NCC2CC1C2. The molecule has 1 atom stereocenters. The molecule has 2 heterocycles. The highest BCUT2D eigenvalue weighted by Gasteiger charge is 2.43. The maximum Gasteiger partial charge on any atom is 0.323 e. The van der Waals surface area contributed by atoms with Gasteiger partial charge in [-0.25, -0.2) is 0 Å². The van der Waals surface area contributed by atoms with E-state index in [2.05, 4.69) is 10.1 Å². The molecule has 0 aromatic carbocycles. The monoisotopic (exact) mass is 155 g/mol. The Bertz CT molecular complexity index is 172. The first-order chi connectivity index (χ1) is 5.31. The molecule has 1 aliphatic carbocycles. The van der Waals surface area contributed by atoms with Crippen LogP contribution in [0.15, 0.2) is 0 Å². The largest absolute Gasteiger partial charge is 0.468 e. The summed E-state index contributed by atoms with van der Waals surface area (Å²) in [5.41, 5.74) is 0. The summed E-state index contributed by atoms with van der Waals surface area (Å²) in [5, 5.41) is 3.19. The summed E-state index contributed by atoms with van der Waals surface area (Å²) in [4.78, 5) is 11.1. The van der Waals surface area contributed by atoms with Gasteiger partial charge in [0.2, 0.25) is 0 Å². The molecule has 0 aromatic rings. The fourth-order valence-corrected chi connectivity index (χ4v) is 2.09. The molecule has 11 heavy (non-hydrogen) atoms. The van der Waals surface area contributed by atoms with E-state index in [9.17, 15) is 4.79 Å². The Kier molecular flexibility index (Phi) is 1.60. The van der Waals surface area contributed by atoms with Crippen molar-refractivity contribution in [3.8, 4) is 0 Å². The molecule has 3 fully saturated rings. The van der Waals surface area contributed by atoms with Crippen LogP contribution in [0.3, 0.4) is 0 Å². The lowest BCUT2D eigenvalue weighted by Gasteiger charge is -2.45. The lowest BCUT2D eigenvalue weighted by atomic mass is 9.68. The fraction of sp³-hybridized carbons (Fsp3) is 0.875. The Morgan fingerprint density at radius 3 is 2.73 bits per heavy atom. The Morgan fingerprint density at radius 1 is 1.55 bits per heavy atom. The summed E-state index contributed by atoms with van der Waals surface area (Å²) in [5.74, 6) is 1.30. The highest BCUT2D eigenvalue weighted by Crippen LogP contribution is 2.39. The van der Waals surface area contributed by atoms with Crippen LogP contribution in [0.25, 0.3) is 0 Å². The van der Waals surface area contributed by atoms with Crippen LogP contribution in [-0.4, -0.2) is 25.7 Å². The van der Waals surface area contributed by atoms with Crippen LogP contribution in [0.2, 0.25) is 0 Å². The topological polar surface area (TPSA) is 38.3 Å². The molecule has 62 valence electrons. The second kappa shape index (κ2) is 2.48. The smallest absolute Gasteiger partial charge is 0.323 e. The molecule has 2 aliphatic heterocycles. The number of fused-ring (bicyclic) bond motifs is 2. The van der Waals surface area contributed by atoms with Gasteiger partial charge >= 0.3 is 5.97 Å². The highest BCUT2D eigenvalue weighted by atomic mass is 16.5. The van der Waals surface area contributed by atoms with Crippen molar-refractivity contribution < 1.29 is 9.53 Å². The van der Waals surface area contributed by atoms with Crippen LogP contribution < -0.4 is 5.32 Å². The molecule has 1 unspecified atom stereocenters. The number of hydrogen-bond donors (Lipinski definition) is 1. The maximum absolute atomic E-state index is 11.1. The van der Waals surface area contributed by atoms with E-state index >= 15 is 0 Å². The minimum absolute atomic E-state index is 0.00926. The standard InChI is InChI=1S/C8H13NO2/c1-11-8(10)7-6-2-5(3-6)4-9-7/h5-7,9H,2-4H2,1H3. The lowest BCUT2D eigenvalue weighted by Crippen LogP contribution is -2.57. The van der Waals surface area contributed by atoms with Crippen LogP contribution in [0.4, 0.5) is 0 Å². The van der Waals surface area contributed by atoms with Gasteiger partial charge in [0.1, 0.15) is 6.04 Å². The zero-order valence-corrected chi connectivity index (χ0v) is 6.67. The number of piperidine rings is 2. The van der Waals surface area contributed by atoms with Gasteiger partial charge in [-0.05, 0) is 31.2 Å². The first kappa shape index (κ1) is 7.10. The van der Waals surface area contributed by atoms with Gasteiger partial charge in [-0.15, -0.1) is 0 Å². The molecule has 0 aromatic heterocycles. The first-order valence-electron chi connectivity index (χ1n) is 4.12. The number of methoxy groups -OCH3 is 1. The molecule has 0 amide bonds. The average molecular weight is 155 g/mol. The van der Waals surface area contributed by atoms with Crippen molar-refractivity contribution in [2.45, 2.75) is 18.9 Å². The van der Waals surface area contributed by atoms with Crippen molar-refractivity contribution in [2.75, 3.05) is 13.7 Å². The van der Waals surface area contributed by atoms with Gasteiger partial charge in [-0.3, -0.25) is 4.79 Å². The van der Waals surface area contributed by atoms with E-state index in [4.69, 9.17) is 0 Å². The van der Waals surface area contributed by atoms with Crippen molar-refractivity contribution >= 4 is 5.97 Å². The molecule has 2 bridgehead atoms. The van der Waals surface area contributed by atoms with E-state index in [1.807, 2.05) is 0 Å². The normalized spacial score (nSPS) is 41.0. The van der Waals surface area contributed by atoms with E-state index in [1.54, 1.807) is 0 Å². The number of hydrogen-bond acceptors (Lipinski definition) is 3. The van der Waals surface area contributed by atoms with Crippen molar-refractivity contribution in [2.24, 2.45) is 11.8 Å². The van der Waals surface area contributed by atoms with Gasteiger partial charge in [-0.2, -0.15) is 0 Å². The van der Waals surface area contributed by atoms with Gasteiger partial charge in [0, 0.05) is 0 Å². The molecular formula is C8H13NO2. The summed E-state index contributed by atoms with van der Waals surface area (Å²) in [6, 6.07) is -0.00926. The molecule has 2 saturated heterocycles. The maximum atomic E-state index is 11.1. The molecular weight excluding hydrogens is 142 g/mol. The molecule has 3 nitrogen and oxygen atoms in total. The number of esters is 1. The predicted octanol–water partition coefficient (Wildman–Crippen LogP) is 0.157. The van der Waals surface area contributed by atoms with Crippen molar-refractivity contribution in [3.63, 3.8) is 0 Å². The molecule has 1 saturated carbocycles. The summed E-state index contributed by atoms with van der Waals surface area (Å²) >= 11 is 0. The van der Waals surface area contributed by atoms with Gasteiger partial charge in [0.05, 0.1) is 7.11 Å². The fourth-order valence-electron chi connectivity index (χ4n) is 2.09. The van der Waals surface area contributed by atoms with Gasteiger partial charge in [0.25, 0.3) is 0 Å². The molecule has 3 aliphatic rings. The third kappa shape index (κ3) is 1.03. The van der Waals surface area contributed by atoms with E-state index in [0.29, 0.717) is 5.92 Å². The number of ether oxygens (including phenoxy) is 1. The van der Waals surface area contributed by atoms with E-state index in [1.165, 1.54) is 20.0 Å². The Balaban J connectivity index is 1.97. The highest BCUT2D eigenvalue weighted by molar-refractivity contribution is 5.76. The second-order valence-corrected chi connectivity index (χ2v) is 3.51. The van der Waals surface area contributed by atoms with Crippen LogP contribution in [-0.2, 0) is 9.53 Å². The first-order valence-corrected chi connectivity index (χ1v) is 4.12. The Hall–Kier alpha value is -0.570. The number of rotatable bonds is 1. The predicted molar refractivity (Wildman–Crippen MR) is 40.0 cm³/mol. The van der Waals surface area contributed by atoms with E-state index in [-0.39, 0.29) is 12.0 Å². The van der Waals surface area contributed by atoms with Crippen LogP contribution in [0.1, 0.15) is 12.8 Å².